The number of halogens is 1. The van der Waals surface area contributed by atoms with Gasteiger partial charge in [0.1, 0.15) is 6.33 Å². The van der Waals surface area contributed by atoms with Crippen LogP contribution in [-0.4, -0.2) is 58.1 Å². The van der Waals surface area contributed by atoms with Crippen molar-refractivity contribution in [3.8, 4) is 0 Å². The largest absolute Gasteiger partial charge is 0.369 e. The molecule has 0 atom stereocenters. The van der Waals surface area contributed by atoms with Crippen molar-refractivity contribution in [3.63, 3.8) is 0 Å². The maximum absolute atomic E-state index is 13.3. The highest BCUT2D eigenvalue weighted by Gasteiger charge is 2.28. The Morgan fingerprint density at radius 2 is 1.86 bits per heavy atom. The Hall–Kier alpha value is -2.84. The number of nitrogens with zero attached hydrogens (tertiary/aromatic N) is 4. The van der Waals surface area contributed by atoms with Crippen molar-refractivity contribution in [1.82, 2.24) is 24.8 Å². The quantitative estimate of drug-likeness (QED) is 0.515. The number of hydrogen-bond donors (Lipinski definition) is 2. The number of carbonyl (C=O) groups excluding carboxylic acids is 1. The van der Waals surface area contributed by atoms with Crippen LogP contribution in [0, 0.1) is 13.8 Å². The van der Waals surface area contributed by atoms with E-state index in [0.29, 0.717) is 33.9 Å². The molecular weight excluding hydrogens is 464 g/mol. The minimum atomic E-state index is -0.243. The molecule has 9 heteroatoms. The Labute approximate surface area is 211 Å². The van der Waals surface area contributed by atoms with E-state index in [9.17, 15) is 9.59 Å². The normalized spacial score (nSPS) is 18.3. The van der Waals surface area contributed by atoms with Gasteiger partial charge in [-0.25, -0.2) is 9.50 Å². The van der Waals surface area contributed by atoms with Gasteiger partial charge in [-0.15, -0.1) is 0 Å². The van der Waals surface area contributed by atoms with Crippen molar-refractivity contribution < 1.29 is 4.79 Å². The summed E-state index contributed by atoms with van der Waals surface area (Å²) < 4.78 is 1.38. The van der Waals surface area contributed by atoms with Crippen LogP contribution < -0.4 is 15.8 Å². The Morgan fingerprint density at radius 1 is 1.17 bits per heavy atom. The summed E-state index contributed by atoms with van der Waals surface area (Å²) in [5.41, 5.74) is 4.09. The molecule has 0 unspecified atom stereocenters. The molecule has 1 saturated carbocycles. The van der Waals surface area contributed by atoms with Crippen molar-refractivity contribution in [2.75, 3.05) is 25.5 Å². The highest BCUT2D eigenvalue weighted by atomic mass is 35.5. The van der Waals surface area contributed by atoms with Crippen LogP contribution in [0.1, 0.15) is 59.7 Å². The molecule has 188 valence electrons. The number of H-pyrrole nitrogens is 1. The van der Waals surface area contributed by atoms with Crippen LogP contribution in [0.15, 0.2) is 29.3 Å². The number of hydrogen-bond acceptors (Lipinski definition) is 5. The monoisotopic (exact) mass is 498 g/mol. The molecule has 1 fully saturated rings. The van der Waals surface area contributed by atoms with Crippen molar-refractivity contribution in [3.05, 3.63) is 62.2 Å². The van der Waals surface area contributed by atoms with Gasteiger partial charge in [-0.1, -0.05) is 11.6 Å². The lowest BCUT2D eigenvalue weighted by molar-refractivity contribution is 0.0950. The van der Waals surface area contributed by atoms with E-state index in [1.807, 2.05) is 26.0 Å². The fourth-order valence-electron chi connectivity index (χ4n) is 5.31. The molecule has 0 saturated heterocycles. The van der Waals surface area contributed by atoms with Gasteiger partial charge in [0.2, 0.25) is 0 Å². The first-order chi connectivity index (χ1) is 16.7. The zero-order valence-corrected chi connectivity index (χ0v) is 21.9. The smallest absolute Gasteiger partial charge is 0.276 e. The van der Waals surface area contributed by atoms with Crippen LogP contribution in [-0.2, 0) is 6.54 Å². The molecule has 3 aromatic rings. The van der Waals surface area contributed by atoms with Crippen molar-refractivity contribution in [1.29, 1.82) is 0 Å². The number of aromatic amines is 1. The first kappa shape index (κ1) is 25.3. The van der Waals surface area contributed by atoms with Gasteiger partial charge < -0.3 is 15.1 Å². The molecule has 2 N–H and O–H groups in total. The number of pyridine rings is 1. The van der Waals surface area contributed by atoms with E-state index < -0.39 is 0 Å². The minimum absolute atomic E-state index is 0.124. The van der Waals surface area contributed by atoms with Gasteiger partial charge in [0, 0.05) is 47.0 Å². The molecule has 4 rings (SSSR count). The molecule has 0 aliphatic heterocycles. The molecular formula is C26H35ClN6O2. The molecule has 1 aromatic carbocycles. The van der Waals surface area contributed by atoms with E-state index in [4.69, 9.17) is 11.6 Å². The van der Waals surface area contributed by atoms with E-state index in [1.54, 1.807) is 6.07 Å². The Bertz CT molecular complexity index is 1270. The van der Waals surface area contributed by atoms with Gasteiger partial charge in [-0.3, -0.25) is 14.7 Å². The molecule has 2 aromatic heterocycles. The average molecular weight is 499 g/mol. The Kier molecular flexibility index (Phi) is 7.52. The second-order valence-corrected chi connectivity index (χ2v) is 10.1. The molecule has 0 radical (unpaired) electrons. The first-order valence-electron chi connectivity index (χ1n) is 12.3. The standard InChI is InChI=1S/C26H35ClN6O2/c1-6-32(20-9-7-19(8-10-20)31(4)5)23-13-18(27)12-21(17(23)3)25(34)28-14-22-16(2)11-24-29-15-30-33(24)26(22)35/h11-13,15,19-20H,6-10,14H2,1-5H3,(H,28,34)(H,29,30)/t19-,20-. The summed E-state index contributed by atoms with van der Waals surface area (Å²) in [4.78, 5) is 34.9. The summed E-state index contributed by atoms with van der Waals surface area (Å²) in [5.74, 6) is -0.243. The number of aromatic nitrogens is 3. The number of amides is 1. The van der Waals surface area contributed by atoms with E-state index >= 15 is 0 Å². The zero-order chi connectivity index (χ0) is 25.3. The van der Waals surface area contributed by atoms with Crippen LogP contribution >= 0.6 is 11.6 Å². The first-order valence-corrected chi connectivity index (χ1v) is 12.6. The fourth-order valence-corrected chi connectivity index (χ4v) is 5.53. The topological polar surface area (TPSA) is 85.7 Å². The van der Waals surface area contributed by atoms with Gasteiger partial charge in [0.15, 0.2) is 5.65 Å². The zero-order valence-electron chi connectivity index (χ0n) is 21.2. The lowest BCUT2D eigenvalue weighted by Gasteiger charge is -2.40. The lowest BCUT2D eigenvalue weighted by atomic mass is 9.89. The number of carbonyl (C=O) groups is 1. The summed E-state index contributed by atoms with van der Waals surface area (Å²) in [6, 6.07) is 6.56. The predicted molar refractivity (Wildman–Crippen MR) is 141 cm³/mol. The fraction of sp³-hybridized carbons (Fsp3) is 0.500. The summed E-state index contributed by atoms with van der Waals surface area (Å²) in [5, 5.41) is 6.28. The number of rotatable bonds is 7. The number of benzene rings is 1. The molecule has 35 heavy (non-hydrogen) atoms. The van der Waals surface area contributed by atoms with Gasteiger partial charge in [0.25, 0.3) is 11.5 Å². The molecule has 8 nitrogen and oxygen atoms in total. The summed E-state index contributed by atoms with van der Waals surface area (Å²) >= 11 is 6.51. The van der Waals surface area contributed by atoms with Crippen LogP contribution in [0.5, 0.6) is 0 Å². The number of nitrogens with one attached hydrogen (secondary N) is 2. The third kappa shape index (κ3) is 5.09. The van der Waals surface area contributed by atoms with Crippen molar-refractivity contribution >= 4 is 28.8 Å². The highest BCUT2D eigenvalue weighted by Crippen LogP contribution is 2.34. The van der Waals surface area contributed by atoms with Gasteiger partial charge in [0.05, 0.1) is 0 Å². The SMILES string of the molecule is CCN(c1cc(Cl)cc(C(=O)NCc2c(C)cc3nc[nH]n3c2=O)c1C)[C@H]1CC[C@H](N(C)C)CC1. The van der Waals surface area contributed by atoms with E-state index in [-0.39, 0.29) is 18.0 Å². The summed E-state index contributed by atoms with van der Waals surface area (Å²) in [6.45, 7) is 6.95. The number of aryl methyl sites for hydroxylation is 1. The molecule has 2 heterocycles. The third-order valence-corrected chi connectivity index (χ3v) is 7.62. The van der Waals surface area contributed by atoms with Crippen LogP contribution in [0.2, 0.25) is 5.02 Å². The van der Waals surface area contributed by atoms with Gasteiger partial charge in [-0.2, -0.15) is 0 Å². The molecule has 1 amide bonds. The molecule has 0 bridgehead atoms. The molecule has 0 spiro atoms. The Balaban J connectivity index is 1.55. The van der Waals surface area contributed by atoms with Gasteiger partial charge >= 0.3 is 0 Å². The average Bonchev–Trinajstić information content (AvgIpc) is 3.30. The summed E-state index contributed by atoms with van der Waals surface area (Å²) in [7, 11) is 4.30. The van der Waals surface area contributed by atoms with E-state index in [2.05, 4.69) is 46.2 Å². The Morgan fingerprint density at radius 3 is 2.51 bits per heavy atom. The highest BCUT2D eigenvalue weighted by molar-refractivity contribution is 6.31. The lowest BCUT2D eigenvalue weighted by Crippen LogP contribution is -2.42. The maximum Gasteiger partial charge on any atom is 0.276 e. The van der Waals surface area contributed by atoms with Crippen molar-refractivity contribution in [2.24, 2.45) is 0 Å². The maximum atomic E-state index is 13.3. The minimum Gasteiger partial charge on any atom is -0.369 e. The molecule has 1 aliphatic carbocycles. The third-order valence-electron chi connectivity index (χ3n) is 7.40. The molecule has 1 aliphatic rings. The summed E-state index contributed by atoms with van der Waals surface area (Å²) in [6.07, 6.45) is 6.03. The van der Waals surface area contributed by atoms with Gasteiger partial charge in [-0.05, 0) is 89.9 Å². The van der Waals surface area contributed by atoms with E-state index in [0.717, 1.165) is 49.0 Å². The van der Waals surface area contributed by atoms with Crippen molar-refractivity contribution in [2.45, 2.75) is 65.1 Å². The van der Waals surface area contributed by atoms with Crippen LogP contribution in [0.3, 0.4) is 0 Å². The second-order valence-electron chi connectivity index (χ2n) is 9.68. The number of fused-ring (bicyclic) bond motifs is 1. The number of anilines is 1. The predicted octanol–water partition coefficient (Wildman–Crippen LogP) is 3.92. The van der Waals surface area contributed by atoms with Crippen LogP contribution in [0.25, 0.3) is 5.65 Å². The van der Waals surface area contributed by atoms with E-state index in [1.165, 1.54) is 10.8 Å². The second kappa shape index (κ2) is 10.4. The van der Waals surface area contributed by atoms with Crippen LogP contribution in [0.4, 0.5) is 5.69 Å².